The summed E-state index contributed by atoms with van der Waals surface area (Å²) in [5.41, 5.74) is 0.243. The Hall–Kier alpha value is -0.0800. The van der Waals surface area contributed by atoms with Crippen LogP contribution in [-0.2, 0) is 0 Å². The first kappa shape index (κ1) is 15.0. The van der Waals surface area contributed by atoms with Crippen molar-refractivity contribution in [1.82, 2.24) is 10.2 Å². The molecule has 1 saturated carbocycles. The molecule has 0 aromatic rings. The van der Waals surface area contributed by atoms with E-state index in [1.54, 1.807) is 0 Å². The predicted molar refractivity (Wildman–Crippen MR) is 76.4 cm³/mol. The Morgan fingerprint density at radius 2 is 1.76 bits per heavy atom. The summed E-state index contributed by atoms with van der Waals surface area (Å²) >= 11 is 0. The van der Waals surface area contributed by atoms with E-state index in [4.69, 9.17) is 0 Å². The highest BCUT2D eigenvalue weighted by Gasteiger charge is 2.26. The fraction of sp³-hybridized carbons (Fsp3) is 1.00. The van der Waals surface area contributed by atoms with Gasteiger partial charge in [0, 0.05) is 24.7 Å². The van der Waals surface area contributed by atoms with Gasteiger partial charge in [-0.2, -0.15) is 0 Å². The number of hydrogen-bond acceptors (Lipinski definition) is 2. The van der Waals surface area contributed by atoms with Gasteiger partial charge >= 0.3 is 0 Å². The van der Waals surface area contributed by atoms with Gasteiger partial charge in [0.2, 0.25) is 0 Å². The molecule has 0 radical (unpaired) electrons. The second kappa shape index (κ2) is 6.19. The van der Waals surface area contributed by atoms with Crippen LogP contribution >= 0.6 is 0 Å². The predicted octanol–water partition coefficient (Wildman–Crippen LogP) is 3.13. The van der Waals surface area contributed by atoms with Crippen molar-refractivity contribution in [2.45, 2.75) is 66.0 Å². The number of nitrogens with zero attached hydrogens (tertiary/aromatic N) is 1. The van der Waals surface area contributed by atoms with Crippen molar-refractivity contribution >= 4 is 0 Å². The summed E-state index contributed by atoms with van der Waals surface area (Å²) in [6, 6.07) is 0.688. The van der Waals surface area contributed by atoms with E-state index in [1.165, 1.54) is 25.9 Å². The highest BCUT2D eigenvalue weighted by Crippen LogP contribution is 2.30. The van der Waals surface area contributed by atoms with E-state index in [-0.39, 0.29) is 5.54 Å². The average Bonchev–Trinajstić information content (AvgIpc) is 2.96. The fourth-order valence-corrected chi connectivity index (χ4v) is 2.07. The first-order valence-electron chi connectivity index (χ1n) is 7.27. The zero-order valence-electron chi connectivity index (χ0n) is 12.7. The molecule has 2 heteroatoms. The van der Waals surface area contributed by atoms with E-state index in [9.17, 15) is 0 Å². The van der Waals surface area contributed by atoms with Gasteiger partial charge in [0.05, 0.1) is 0 Å². The smallest absolute Gasteiger partial charge is 0.00966 e. The normalized spacial score (nSPS) is 19.1. The molecule has 1 rings (SSSR count). The molecule has 1 N–H and O–H groups in total. The topological polar surface area (TPSA) is 15.3 Å². The van der Waals surface area contributed by atoms with Gasteiger partial charge in [0.1, 0.15) is 0 Å². The Balaban J connectivity index is 2.27. The lowest BCUT2D eigenvalue weighted by atomic mass is 10.1. The number of hydrogen-bond donors (Lipinski definition) is 1. The first-order chi connectivity index (χ1) is 7.78. The van der Waals surface area contributed by atoms with Crippen LogP contribution in [0.3, 0.4) is 0 Å². The van der Waals surface area contributed by atoms with Crippen LogP contribution in [-0.4, -0.2) is 36.1 Å². The largest absolute Gasteiger partial charge is 0.312 e. The van der Waals surface area contributed by atoms with Gasteiger partial charge in [-0.15, -0.1) is 0 Å². The summed E-state index contributed by atoms with van der Waals surface area (Å²) in [6.07, 6.45) is 2.91. The molecule has 102 valence electrons. The van der Waals surface area contributed by atoms with Crippen molar-refractivity contribution in [2.75, 3.05) is 19.6 Å². The summed E-state index contributed by atoms with van der Waals surface area (Å²) in [7, 11) is 0. The molecular formula is C15H32N2. The van der Waals surface area contributed by atoms with Crippen LogP contribution in [0.4, 0.5) is 0 Å². The van der Waals surface area contributed by atoms with Gasteiger partial charge in [0.25, 0.3) is 0 Å². The standard InChI is InChI=1S/C15H32N2/c1-12(2)17(11-14-7-8-14)10-13(3)9-16-15(4,5)6/h12-14,16H,7-11H2,1-6H3. The van der Waals surface area contributed by atoms with Crippen molar-refractivity contribution in [3.63, 3.8) is 0 Å². The van der Waals surface area contributed by atoms with Crippen molar-refractivity contribution in [2.24, 2.45) is 11.8 Å². The Bertz CT molecular complexity index is 213. The SMILES string of the molecule is CC(CNC(C)(C)C)CN(CC1CC1)C(C)C. The van der Waals surface area contributed by atoms with Crippen LogP contribution < -0.4 is 5.32 Å². The summed E-state index contributed by atoms with van der Waals surface area (Å²) in [4.78, 5) is 2.66. The molecule has 0 aromatic carbocycles. The summed E-state index contributed by atoms with van der Waals surface area (Å²) < 4.78 is 0. The lowest BCUT2D eigenvalue weighted by molar-refractivity contribution is 0.179. The Morgan fingerprint density at radius 1 is 1.18 bits per heavy atom. The van der Waals surface area contributed by atoms with Crippen LogP contribution in [0.1, 0.15) is 54.4 Å². The minimum absolute atomic E-state index is 0.243. The van der Waals surface area contributed by atoms with E-state index in [0.717, 1.165) is 18.4 Å². The molecule has 0 aromatic heterocycles. The lowest BCUT2D eigenvalue weighted by Crippen LogP contribution is -2.43. The van der Waals surface area contributed by atoms with Gasteiger partial charge in [-0.3, -0.25) is 0 Å². The third-order valence-electron chi connectivity index (χ3n) is 3.45. The summed E-state index contributed by atoms with van der Waals surface area (Å²) in [6.45, 7) is 17.4. The van der Waals surface area contributed by atoms with Crippen LogP contribution in [0.25, 0.3) is 0 Å². The van der Waals surface area contributed by atoms with Crippen molar-refractivity contribution < 1.29 is 0 Å². The van der Waals surface area contributed by atoms with E-state index >= 15 is 0 Å². The minimum atomic E-state index is 0.243. The number of nitrogens with one attached hydrogen (secondary N) is 1. The van der Waals surface area contributed by atoms with Gasteiger partial charge in [-0.25, -0.2) is 0 Å². The molecule has 0 bridgehead atoms. The summed E-state index contributed by atoms with van der Waals surface area (Å²) in [5, 5.41) is 3.61. The molecule has 1 atom stereocenters. The van der Waals surface area contributed by atoms with Crippen LogP contribution in [0, 0.1) is 11.8 Å². The van der Waals surface area contributed by atoms with E-state index in [2.05, 4.69) is 51.8 Å². The van der Waals surface area contributed by atoms with Crippen molar-refractivity contribution in [1.29, 1.82) is 0 Å². The van der Waals surface area contributed by atoms with E-state index in [1.807, 2.05) is 0 Å². The molecule has 0 heterocycles. The quantitative estimate of drug-likeness (QED) is 0.735. The van der Waals surface area contributed by atoms with Gasteiger partial charge < -0.3 is 10.2 Å². The minimum Gasteiger partial charge on any atom is -0.312 e. The third-order valence-corrected chi connectivity index (χ3v) is 3.45. The average molecular weight is 240 g/mol. The molecule has 0 saturated heterocycles. The summed E-state index contributed by atoms with van der Waals surface area (Å²) in [5.74, 6) is 1.73. The second-order valence-electron chi connectivity index (χ2n) is 7.23. The van der Waals surface area contributed by atoms with Gasteiger partial charge in [0.15, 0.2) is 0 Å². The van der Waals surface area contributed by atoms with Crippen molar-refractivity contribution in [3.8, 4) is 0 Å². The highest BCUT2D eigenvalue weighted by molar-refractivity contribution is 4.80. The molecular weight excluding hydrogens is 208 g/mol. The molecule has 0 aliphatic heterocycles. The van der Waals surface area contributed by atoms with Gasteiger partial charge in [-0.05, 0) is 65.8 Å². The van der Waals surface area contributed by atoms with Crippen LogP contribution in [0.2, 0.25) is 0 Å². The molecule has 1 aliphatic carbocycles. The maximum atomic E-state index is 3.61. The van der Waals surface area contributed by atoms with E-state index < -0.39 is 0 Å². The zero-order chi connectivity index (χ0) is 13.1. The molecule has 2 nitrogen and oxygen atoms in total. The monoisotopic (exact) mass is 240 g/mol. The molecule has 1 fully saturated rings. The molecule has 0 amide bonds. The van der Waals surface area contributed by atoms with Crippen LogP contribution in [0.5, 0.6) is 0 Å². The Morgan fingerprint density at radius 3 is 2.18 bits per heavy atom. The van der Waals surface area contributed by atoms with Crippen molar-refractivity contribution in [3.05, 3.63) is 0 Å². The molecule has 1 unspecified atom stereocenters. The van der Waals surface area contributed by atoms with Crippen LogP contribution in [0.15, 0.2) is 0 Å². The van der Waals surface area contributed by atoms with E-state index in [0.29, 0.717) is 6.04 Å². The maximum Gasteiger partial charge on any atom is 0.00966 e. The number of rotatable bonds is 7. The third kappa shape index (κ3) is 7.05. The van der Waals surface area contributed by atoms with Gasteiger partial charge in [-0.1, -0.05) is 6.92 Å². The Labute approximate surface area is 108 Å². The maximum absolute atomic E-state index is 3.61. The Kier molecular flexibility index (Phi) is 5.46. The first-order valence-corrected chi connectivity index (χ1v) is 7.27. The highest BCUT2D eigenvalue weighted by atomic mass is 15.2. The lowest BCUT2D eigenvalue weighted by Gasteiger charge is -2.31. The zero-order valence-corrected chi connectivity index (χ0v) is 12.7. The molecule has 0 spiro atoms. The second-order valence-corrected chi connectivity index (χ2v) is 7.23. The molecule has 1 aliphatic rings. The fourth-order valence-electron chi connectivity index (χ4n) is 2.07. The molecule has 17 heavy (non-hydrogen) atoms.